The average molecular weight is 167 g/mol. The van der Waals surface area contributed by atoms with Crippen LogP contribution in [0.4, 0.5) is 5.82 Å². The molecule has 1 fully saturated rings. The second-order valence-corrected chi connectivity index (χ2v) is 2.56. The van der Waals surface area contributed by atoms with E-state index in [2.05, 4.69) is 10.2 Å². The SMILES string of the molecule is Nc1nnccc1OC1COC1. The average Bonchev–Trinajstić information content (AvgIpc) is 2.00. The molecule has 0 saturated carbocycles. The van der Waals surface area contributed by atoms with Crippen molar-refractivity contribution in [3.8, 4) is 5.75 Å². The highest BCUT2D eigenvalue weighted by Gasteiger charge is 2.20. The Bertz CT molecular complexity index is 275. The van der Waals surface area contributed by atoms with Gasteiger partial charge in [-0.25, -0.2) is 0 Å². The number of nitrogen functional groups attached to an aromatic ring is 1. The van der Waals surface area contributed by atoms with Crippen LogP contribution in [-0.4, -0.2) is 29.5 Å². The molecule has 0 aromatic carbocycles. The Morgan fingerprint density at radius 1 is 1.58 bits per heavy atom. The third-order valence-electron chi connectivity index (χ3n) is 1.61. The second-order valence-electron chi connectivity index (χ2n) is 2.56. The maximum atomic E-state index is 5.51. The maximum Gasteiger partial charge on any atom is 0.188 e. The molecule has 1 aromatic heterocycles. The summed E-state index contributed by atoms with van der Waals surface area (Å²) in [5.74, 6) is 0.905. The Kier molecular flexibility index (Phi) is 1.79. The van der Waals surface area contributed by atoms with Crippen LogP contribution in [0.1, 0.15) is 0 Å². The van der Waals surface area contributed by atoms with E-state index in [0.717, 1.165) is 0 Å². The van der Waals surface area contributed by atoms with Crippen LogP contribution in [0, 0.1) is 0 Å². The van der Waals surface area contributed by atoms with E-state index in [9.17, 15) is 0 Å². The lowest BCUT2D eigenvalue weighted by Gasteiger charge is -2.26. The highest BCUT2D eigenvalue weighted by Crippen LogP contribution is 2.19. The fraction of sp³-hybridized carbons (Fsp3) is 0.429. The fourth-order valence-corrected chi connectivity index (χ4v) is 0.893. The number of aromatic nitrogens is 2. The molecule has 2 N–H and O–H groups in total. The van der Waals surface area contributed by atoms with Crippen molar-refractivity contribution < 1.29 is 9.47 Å². The first-order chi connectivity index (χ1) is 5.86. The third kappa shape index (κ3) is 1.31. The molecule has 0 unspecified atom stereocenters. The van der Waals surface area contributed by atoms with Crippen LogP contribution >= 0.6 is 0 Å². The quantitative estimate of drug-likeness (QED) is 0.662. The molecule has 2 heterocycles. The number of rotatable bonds is 2. The molecule has 1 aliphatic heterocycles. The van der Waals surface area contributed by atoms with Gasteiger partial charge in [0.1, 0.15) is 6.10 Å². The summed E-state index contributed by atoms with van der Waals surface area (Å²) in [7, 11) is 0. The van der Waals surface area contributed by atoms with Crippen LogP contribution in [0.2, 0.25) is 0 Å². The van der Waals surface area contributed by atoms with Gasteiger partial charge in [-0.05, 0) is 0 Å². The van der Waals surface area contributed by atoms with Crippen LogP contribution in [0.3, 0.4) is 0 Å². The smallest absolute Gasteiger partial charge is 0.188 e. The van der Waals surface area contributed by atoms with Crippen molar-refractivity contribution in [3.05, 3.63) is 12.3 Å². The molecule has 64 valence electrons. The molecule has 0 amide bonds. The van der Waals surface area contributed by atoms with Crippen LogP contribution in [-0.2, 0) is 4.74 Å². The zero-order chi connectivity index (χ0) is 8.39. The number of hydrogen-bond donors (Lipinski definition) is 1. The van der Waals surface area contributed by atoms with Crippen LogP contribution < -0.4 is 10.5 Å². The Balaban J connectivity index is 2.06. The minimum atomic E-state index is 0.122. The summed E-state index contributed by atoms with van der Waals surface area (Å²) in [6, 6.07) is 1.70. The van der Waals surface area contributed by atoms with E-state index < -0.39 is 0 Å². The molecule has 2 rings (SSSR count). The number of nitrogens with zero attached hydrogens (tertiary/aromatic N) is 2. The summed E-state index contributed by atoms with van der Waals surface area (Å²) in [4.78, 5) is 0. The monoisotopic (exact) mass is 167 g/mol. The van der Waals surface area contributed by atoms with Crippen LogP contribution in [0.5, 0.6) is 5.75 Å². The van der Waals surface area contributed by atoms with E-state index in [0.29, 0.717) is 24.8 Å². The lowest BCUT2D eigenvalue weighted by molar-refractivity contribution is -0.0795. The van der Waals surface area contributed by atoms with Gasteiger partial charge in [-0.1, -0.05) is 0 Å². The van der Waals surface area contributed by atoms with Crippen molar-refractivity contribution in [3.63, 3.8) is 0 Å². The van der Waals surface area contributed by atoms with E-state index >= 15 is 0 Å². The van der Waals surface area contributed by atoms with Gasteiger partial charge in [0.25, 0.3) is 0 Å². The molecule has 0 aliphatic carbocycles. The largest absolute Gasteiger partial charge is 0.482 e. The minimum absolute atomic E-state index is 0.122. The minimum Gasteiger partial charge on any atom is -0.482 e. The first kappa shape index (κ1) is 7.30. The Morgan fingerprint density at radius 2 is 2.42 bits per heavy atom. The van der Waals surface area contributed by atoms with Crippen molar-refractivity contribution >= 4 is 5.82 Å². The van der Waals surface area contributed by atoms with Gasteiger partial charge in [-0.3, -0.25) is 0 Å². The van der Waals surface area contributed by atoms with Gasteiger partial charge >= 0.3 is 0 Å². The predicted molar refractivity (Wildman–Crippen MR) is 41.7 cm³/mol. The van der Waals surface area contributed by atoms with Gasteiger partial charge in [0.15, 0.2) is 11.6 Å². The molecule has 5 nitrogen and oxygen atoms in total. The van der Waals surface area contributed by atoms with Crippen molar-refractivity contribution in [2.45, 2.75) is 6.10 Å². The van der Waals surface area contributed by atoms with E-state index in [-0.39, 0.29) is 6.10 Å². The summed E-state index contributed by atoms with van der Waals surface area (Å²) < 4.78 is 10.4. The fourth-order valence-electron chi connectivity index (χ4n) is 0.893. The lowest BCUT2D eigenvalue weighted by atomic mass is 10.3. The summed E-state index contributed by atoms with van der Waals surface area (Å²) in [5, 5.41) is 7.26. The number of anilines is 1. The van der Waals surface area contributed by atoms with Crippen molar-refractivity contribution in [2.75, 3.05) is 18.9 Å². The van der Waals surface area contributed by atoms with Crippen molar-refractivity contribution in [1.82, 2.24) is 10.2 Å². The Hall–Kier alpha value is -1.36. The number of nitrogens with two attached hydrogens (primary N) is 1. The van der Waals surface area contributed by atoms with Crippen molar-refractivity contribution in [2.24, 2.45) is 0 Å². The third-order valence-corrected chi connectivity index (χ3v) is 1.61. The summed E-state index contributed by atoms with van der Waals surface area (Å²) in [5.41, 5.74) is 5.51. The molecule has 0 atom stereocenters. The van der Waals surface area contributed by atoms with Gasteiger partial charge in [-0.2, -0.15) is 5.10 Å². The van der Waals surface area contributed by atoms with E-state index in [1.54, 1.807) is 12.3 Å². The van der Waals surface area contributed by atoms with Crippen molar-refractivity contribution in [1.29, 1.82) is 0 Å². The molecular formula is C7H9N3O2. The van der Waals surface area contributed by atoms with Crippen LogP contribution in [0.15, 0.2) is 12.3 Å². The molecular weight excluding hydrogens is 158 g/mol. The van der Waals surface area contributed by atoms with Gasteiger partial charge in [-0.15, -0.1) is 5.10 Å². The highest BCUT2D eigenvalue weighted by molar-refractivity contribution is 5.43. The van der Waals surface area contributed by atoms with Gasteiger partial charge in [0, 0.05) is 6.07 Å². The van der Waals surface area contributed by atoms with E-state index in [4.69, 9.17) is 15.2 Å². The summed E-state index contributed by atoms with van der Waals surface area (Å²) in [6.45, 7) is 1.25. The normalized spacial score (nSPS) is 17.0. The summed E-state index contributed by atoms with van der Waals surface area (Å²) >= 11 is 0. The topological polar surface area (TPSA) is 70.3 Å². The zero-order valence-corrected chi connectivity index (χ0v) is 6.43. The highest BCUT2D eigenvalue weighted by atomic mass is 16.6. The maximum absolute atomic E-state index is 5.51. The number of hydrogen-bond acceptors (Lipinski definition) is 5. The molecule has 0 radical (unpaired) electrons. The molecule has 5 heteroatoms. The standard InChI is InChI=1S/C7H9N3O2/c8-7-6(1-2-9-10-7)12-5-3-11-4-5/h1-2,5H,3-4H2,(H2,8,10). The molecule has 1 aliphatic rings. The molecule has 0 bridgehead atoms. The van der Waals surface area contributed by atoms with Gasteiger partial charge in [0.05, 0.1) is 19.4 Å². The van der Waals surface area contributed by atoms with E-state index in [1.165, 1.54) is 0 Å². The van der Waals surface area contributed by atoms with E-state index in [1.807, 2.05) is 0 Å². The van der Waals surface area contributed by atoms with Gasteiger partial charge < -0.3 is 15.2 Å². The molecule has 0 spiro atoms. The van der Waals surface area contributed by atoms with Gasteiger partial charge in [0.2, 0.25) is 0 Å². The number of ether oxygens (including phenoxy) is 2. The summed E-state index contributed by atoms with van der Waals surface area (Å²) in [6.07, 6.45) is 1.67. The Morgan fingerprint density at radius 3 is 3.00 bits per heavy atom. The van der Waals surface area contributed by atoms with Crippen LogP contribution in [0.25, 0.3) is 0 Å². The first-order valence-electron chi connectivity index (χ1n) is 3.68. The Labute approximate surface area is 69.5 Å². The second kappa shape index (κ2) is 2.94. The molecule has 1 aromatic rings. The zero-order valence-electron chi connectivity index (χ0n) is 6.43. The lowest BCUT2D eigenvalue weighted by Crippen LogP contribution is -2.38. The molecule has 12 heavy (non-hydrogen) atoms. The molecule has 1 saturated heterocycles. The first-order valence-corrected chi connectivity index (χ1v) is 3.68. The predicted octanol–water partition coefficient (Wildman–Crippen LogP) is -0.164.